The van der Waals surface area contributed by atoms with Crippen LogP contribution in [0.25, 0.3) is 10.4 Å². The molecule has 0 aliphatic rings. The highest BCUT2D eigenvalue weighted by Crippen LogP contribution is 2.25. The number of benzene rings is 1. The lowest BCUT2D eigenvalue weighted by Gasteiger charge is -2.12. The van der Waals surface area contributed by atoms with Gasteiger partial charge in [0, 0.05) is 29.4 Å². The minimum absolute atomic E-state index is 0.566. The van der Waals surface area contributed by atoms with E-state index in [9.17, 15) is 0 Å². The molecule has 0 atom stereocenters. The van der Waals surface area contributed by atoms with E-state index in [4.69, 9.17) is 10.0 Å². The van der Waals surface area contributed by atoms with E-state index in [1.165, 1.54) is 11.3 Å². The Bertz CT molecular complexity index is 493. The fourth-order valence-corrected chi connectivity index (χ4v) is 2.46. The fraction of sp³-hybridized carbons (Fsp3) is 0.167. The summed E-state index contributed by atoms with van der Waals surface area (Å²) in [7, 11) is 2.62. The van der Waals surface area contributed by atoms with Crippen LogP contribution >= 0.6 is 11.3 Å². The van der Waals surface area contributed by atoms with E-state index in [0.717, 1.165) is 16.1 Å². The first kappa shape index (κ1) is 12.2. The van der Waals surface area contributed by atoms with Crippen molar-refractivity contribution in [2.24, 2.45) is 0 Å². The minimum Gasteiger partial charge on any atom is -0.423 e. The van der Waals surface area contributed by atoms with Gasteiger partial charge in [-0.15, -0.1) is 11.3 Å². The zero-order valence-electron chi connectivity index (χ0n) is 9.79. The van der Waals surface area contributed by atoms with E-state index in [1.807, 2.05) is 49.3 Å². The van der Waals surface area contributed by atoms with Crippen LogP contribution in [0.3, 0.4) is 0 Å². The van der Waals surface area contributed by atoms with Crippen molar-refractivity contribution in [1.29, 1.82) is 0 Å². The Morgan fingerprint density at radius 1 is 1.00 bits per heavy atom. The maximum Gasteiger partial charge on any atom is 0.499 e. The third-order valence-corrected chi connectivity index (χ3v) is 3.72. The van der Waals surface area contributed by atoms with Gasteiger partial charge < -0.3 is 14.9 Å². The number of thiophene rings is 1. The number of nitrogens with zero attached hydrogens (tertiary/aromatic N) is 1. The molecule has 17 heavy (non-hydrogen) atoms. The fourth-order valence-electron chi connectivity index (χ4n) is 1.57. The lowest BCUT2D eigenvalue weighted by atomic mass is 9.90. The van der Waals surface area contributed by atoms with Crippen LogP contribution in [0.5, 0.6) is 0 Å². The van der Waals surface area contributed by atoms with Gasteiger partial charge in [-0.25, -0.2) is 0 Å². The first-order chi connectivity index (χ1) is 8.08. The van der Waals surface area contributed by atoms with Gasteiger partial charge in [-0.05, 0) is 23.8 Å². The molecule has 0 amide bonds. The predicted molar refractivity (Wildman–Crippen MR) is 73.9 cm³/mol. The third-order valence-electron chi connectivity index (χ3n) is 2.55. The van der Waals surface area contributed by atoms with Gasteiger partial charge in [0.15, 0.2) is 0 Å². The van der Waals surface area contributed by atoms with Crippen molar-refractivity contribution in [2.75, 3.05) is 19.0 Å². The molecule has 1 aromatic heterocycles. The molecule has 0 aliphatic heterocycles. The van der Waals surface area contributed by atoms with Crippen molar-refractivity contribution >= 4 is 28.9 Å². The molecule has 0 unspecified atom stereocenters. The maximum absolute atomic E-state index is 9.06. The minimum atomic E-state index is -1.38. The van der Waals surface area contributed by atoms with Crippen molar-refractivity contribution in [3.8, 4) is 10.4 Å². The lowest BCUT2D eigenvalue weighted by molar-refractivity contribution is 0.427. The van der Waals surface area contributed by atoms with Crippen LogP contribution in [0, 0.1) is 0 Å². The summed E-state index contributed by atoms with van der Waals surface area (Å²) in [6.07, 6.45) is 0. The molecule has 88 valence electrons. The summed E-state index contributed by atoms with van der Waals surface area (Å²) in [6.45, 7) is 0. The van der Waals surface area contributed by atoms with E-state index in [2.05, 4.69) is 0 Å². The molecule has 2 N–H and O–H groups in total. The summed E-state index contributed by atoms with van der Waals surface area (Å²) in [5.41, 5.74) is 2.24. The average Bonchev–Trinajstić information content (AvgIpc) is 2.78. The quantitative estimate of drug-likeness (QED) is 0.800. The molecule has 2 aromatic rings. The summed E-state index contributed by atoms with van der Waals surface area (Å²) in [5, 5.41) is 18.1. The van der Waals surface area contributed by atoms with E-state index in [1.54, 1.807) is 6.07 Å². The summed E-state index contributed by atoms with van der Waals surface area (Å²) in [6, 6.07) is 11.8. The van der Waals surface area contributed by atoms with Gasteiger partial charge in [0.05, 0.1) is 0 Å². The number of hydrogen-bond donors (Lipinski definition) is 2. The zero-order valence-corrected chi connectivity index (χ0v) is 10.6. The third kappa shape index (κ3) is 2.69. The molecule has 1 aromatic carbocycles. The average molecular weight is 247 g/mol. The zero-order chi connectivity index (χ0) is 12.4. The number of anilines is 1. The molecule has 2 rings (SSSR count). The second-order valence-electron chi connectivity index (χ2n) is 4.02. The van der Waals surface area contributed by atoms with Crippen LogP contribution in [0.1, 0.15) is 0 Å². The molecule has 0 saturated heterocycles. The van der Waals surface area contributed by atoms with Crippen LogP contribution < -0.4 is 9.68 Å². The standard InChI is InChI=1S/C12H14BNO2S/c1-14(2)10-5-3-9(4-6-10)11-7-8-12(17-11)13(15)16/h3-8,15-16H,1-2H3. The van der Waals surface area contributed by atoms with Gasteiger partial charge in [-0.3, -0.25) is 0 Å². The molecule has 0 radical (unpaired) electrons. The Hall–Kier alpha value is -1.30. The Morgan fingerprint density at radius 2 is 1.65 bits per heavy atom. The van der Waals surface area contributed by atoms with Crippen molar-refractivity contribution in [3.05, 3.63) is 36.4 Å². The molecule has 1 heterocycles. The summed E-state index contributed by atoms with van der Waals surface area (Å²) < 4.78 is 0.566. The van der Waals surface area contributed by atoms with Gasteiger partial charge in [-0.2, -0.15) is 0 Å². The SMILES string of the molecule is CN(C)c1ccc(-c2ccc(B(O)O)s2)cc1. The van der Waals surface area contributed by atoms with Crippen molar-refractivity contribution < 1.29 is 10.0 Å². The van der Waals surface area contributed by atoms with Gasteiger partial charge >= 0.3 is 7.12 Å². The molecule has 0 aliphatic carbocycles. The molecule has 0 spiro atoms. The Kier molecular flexibility index (Phi) is 3.52. The second kappa shape index (κ2) is 4.92. The summed E-state index contributed by atoms with van der Waals surface area (Å²) in [4.78, 5) is 3.08. The second-order valence-corrected chi connectivity index (χ2v) is 5.13. The maximum atomic E-state index is 9.06. The van der Waals surface area contributed by atoms with E-state index in [-0.39, 0.29) is 0 Å². The predicted octanol–water partition coefficient (Wildman–Crippen LogP) is 1.16. The van der Waals surface area contributed by atoms with Crippen LogP contribution in [-0.4, -0.2) is 31.3 Å². The topological polar surface area (TPSA) is 43.7 Å². The molecule has 0 bridgehead atoms. The lowest BCUT2D eigenvalue weighted by Crippen LogP contribution is -2.26. The first-order valence-electron chi connectivity index (χ1n) is 5.31. The molecule has 3 nitrogen and oxygen atoms in total. The molecule has 0 saturated carbocycles. The highest BCUT2D eigenvalue weighted by molar-refractivity contribution is 7.24. The first-order valence-corrected chi connectivity index (χ1v) is 6.13. The normalized spacial score (nSPS) is 10.4. The number of rotatable bonds is 3. The molecule has 0 fully saturated rings. The van der Waals surface area contributed by atoms with E-state index in [0.29, 0.717) is 4.78 Å². The molecule has 5 heteroatoms. The Labute approximate surface area is 105 Å². The van der Waals surface area contributed by atoms with E-state index >= 15 is 0 Å². The largest absolute Gasteiger partial charge is 0.499 e. The summed E-state index contributed by atoms with van der Waals surface area (Å²) in [5.74, 6) is 0. The van der Waals surface area contributed by atoms with Gasteiger partial charge in [-0.1, -0.05) is 18.2 Å². The molecular formula is C12H14BNO2S. The van der Waals surface area contributed by atoms with Crippen LogP contribution in [0.15, 0.2) is 36.4 Å². The van der Waals surface area contributed by atoms with Crippen molar-refractivity contribution in [3.63, 3.8) is 0 Å². The molecular weight excluding hydrogens is 233 g/mol. The number of hydrogen-bond acceptors (Lipinski definition) is 4. The van der Waals surface area contributed by atoms with Gasteiger partial charge in [0.2, 0.25) is 0 Å². The van der Waals surface area contributed by atoms with Crippen molar-refractivity contribution in [2.45, 2.75) is 0 Å². The Morgan fingerprint density at radius 3 is 2.12 bits per heavy atom. The van der Waals surface area contributed by atoms with Gasteiger partial charge in [0.25, 0.3) is 0 Å². The van der Waals surface area contributed by atoms with Crippen LogP contribution in [0.2, 0.25) is 0 Å². The van der Waals surface area contributed by atoms with Crippen LogP contribution in [-0.2, 0) is 0 Å². The monoisotopic (exact) mass is 247 g/mol. The Balaban J connectivity index is 2.27. The highest BCUT2D eigenvalue weighted by atomic mass is 32.1. The van der Waals surface area contributed by atoms with Crippen LogP contribution in [0.4, 0.5) is 5.69 Å². The van der Waals surface area contributed by atoms with Crippen molar-refractivity contribution in [1.82, 2.24) is 0 Å². The van der Waals surface area contributed by atoms with Gasteiger partial charge in [0.1, 0.15) is 0 Å². The summed E-state index contributed by atoms with van der Waals surface area (Å²) >= 11 is 1.39. The smallest absolute Gasteiger partial charge is 0.423 e. The van der Waals surface area contributed by atoms with E-state index < -0.39 is 7.12 Å². The highest BCUT2D eigenvalue weighted by Gasteiger charge is 2.14.